The van der Waals surface area contributed by atoms with Crippen LogP contribution in [-0.4, -0.2) is 83.5 Å². The molecule has 3 amide bonds. The predicted octanol–water partition coefficient (Wildman–Crippen LogP) is -0.445. The third-order valence-electron chi connectivity index (χ3n) is 5.20. The van der Waals surface area contributed by atoms with Gasteiger partial charge in [0.1, 0.15) is 6.04 Å². The first-order chi connectivity index (χ1) is 14.7. The quantitative estimate of drug-likeness (QED) is 0.241. The maximum Gasteiger partial charge on any atom is 0.305 e. The molecule has 11 heteroatoms. The first-order valence-electron chi connectivity index (χ1n) is 10.7. The van der Waals surface area contributed by atoms with E-state index in [-0.39, 0.29) is 25.4 Å². The molecule has 0 bridgehead atoms. The molecule has 1 aliphatic rings. The molecule has 0 spiro atoms. The highest BCUT2D eigenvalue weighted by Gasteiger charge is 2.25. The Morgan fingerprint density at radius 3 is 2.32 bits per heavy atom. The zero-order valence-electron chi connectivity index (χ0n) is 18.0. The number of likely N-dealkylation sites (N-methyl/N-ethyl adjacent to an activating group) is 1. The van der Waals surface area contributed by atoms with Gasteiger partial charge in [0.15, 0.2) is 0 Å². The molecule has 0 aliphatic carbocycles. The first kappa shape index (κ1) is 26.3. The lowest BCUT2D eigenvalue weighted by atomic mass is 9.92. The summed E-state index contributed by atoms with van der Waals surface area (Å²) in [6, 6.07) is -1.35. The van der Waals surface area contributed by atoms with Crippen LogP contribution >= 0.6 is 0 Å². The van der Waals surface area contributed by atoms with Crippen LogP contribution < -0.4 is 16.0 Å². The minimum Gasteiger partial charge on any atom is -0.481 e. The SMILES string of the molecule is CCN(CC(=O)N[C@@H](CC(=O)O)C(=O)NCCC(=O)O)C(=O)CCCC1CCNCC1. The summed E-state index contributed by atoms with van der Waals surface area (Å²) in [6.45, 7) is 3.60. The van der Waals surface area contributed by atoms with E-state index in [1.165, 1.54) is 4.90 Å². The Labute approximate surface area is 181 Å². The lowest BCUT2D eigenvalue weighted by molar-refractivity contribution is -0.142. The molecule has 0 saturated carbocycles. The van der Waals surface area contributed by atoms with E-state index in [0.29, 0.717) is 18.9 Å². The smallest absolute Gasteiger partial charge is 0.305 e. The highest BCUT2D eigenvalue weighted by molar-refractivity contribution is 5.92. The third-order valence-corrected chi connectivity index (χ3v) is 5.20. The zero-order chi connectivity index (χ0) is 23.2. The molecule has 1 atom stereocenters. The molecule has 0 aromatic rings. The van der Waals surface area contributed by atoms with Gasteiger partial charge in [0.05, 0.1) is 19.4 Å². The van der Waals surface area contributed by atoms with Gasteiger partial charge in [-0.1, -0.05) is 0 Å². The van der Waals surface area contributed by atoms with Crippen molar-refractivity contribution in [3.63, 3.8) is 0 Å². The van der Waals surface area contributed by atoms with E-state index in [1.807, 2.05) is 0 Å². The van der Waals surface area contributed by atoms with Crippen LogP contribution in [0.15, 0.2) is 0 Å². The first-order valence-corrected chi connectivity index (χ1v) is 10.7. The number of carbonyl (C=O) groups excluding carboxylic acids is 3. The van der Waals surface area contributed by atoms with E-state index in [4.69, 9.17) is 10.2 Å². The monoisotopic (exact) mass is 442 g/mol. The van der Waals surface area contributed by atoms with Crippen LogP contribution in [0.5, 0.6) is 0 Å². The lowest BCUT2D eigenvalue weighted by Gasteiger charge is -2.24. The average Bonchev–Trinajstić information content (AvgIpc) is 2.71. The number of rotatable bonds is 14. The summed E-state index contributed by atoms with van der Waals surface area (Å²) in [5.41, 5.74) is 0. The van der Waals surface area contributed by atoms with Crippen LogP contribution in [-0.2, 0) is 24.0 Å². The second kappa shape index (κ2) is 14.3. The molecule has 0 radical (unpaired) electrons. The van der Waals surface area contributed by atoms with Gasteiger partial charge in [-0.3, -0.25) is 24.0 Å². The molecule has 1 aliphatic heterocycles. The molecule has 1 rings (SSSR count). The number of hydrogen-bond donors (Lipinski definition) is 5. The summed E-state index contributed by atoms with van der Waals surface area (Å²) >= 11 is 0. The fourth-order valence-corrected chi connectivity index (χ4v) is 3.46. The molecule has 31 heavy (non-hydrogen) atoms. The maximum absolute atomic E-state index is 12.5. The average molecular weight is 443 g/mol. The number of carboxylic acids is 2. The Morgan fingerprint density at radius 1 is 1.06 bits per heavy atom. The molecule has 1 heterocycles. The minimum absolute atomic E-state index is 0.160. The Bertz CT molecular complexity index is 635. The lowest BCUT2D eigenvalue weighted by Crippen LogP contribution is -2.51. The number of amides is 3. The number of nitrogens with zero attached hydrogens (tertiary/aromatic N) is 1. The molecule has 0 aromatic heterocycles. The molecule has 0 unspecified atom stereocenters. The van der Waals surface area contributed by atoms with Crippen LogP contribution in [0.2, 0.25) is 0 Å². The second-order valence-corrected chi connectivity index (χ2v) is 7.65. The summed E-state index contributed by atoms with van der Waals surface area (Å²) in [4.78, 5) is 59.8. The molecular formula is C20H34N4O7. The molecule has 5 N–H and O–H groups in total. The molecule has 1 fully saturated rings. The van der Waals surface area contributed by atoms with Crippen LogP contribution in [0.4, 0.5) is 0 Å². The maximum atomic E-state index is 12.5. The fraction of sp³-hybridized carbons (Fsp3) is 0.750. The summed E-state index contributed by atoms with van der Waals surface area (Å²) in [6.07, 6.45) is 3.28. The summed E-state index contributed by atoms with van der Waals surface area (Å²) < 4.78 is 0. The van der Waals surface area contributed by atoms with Crippen molar-refractivity contribution in [1.29, 1.82) is 0 Å². The van der Waals surface area contributed by atoms with Gasteiger partial charge in [-0.2, -0.15) is 0 Å². The Hall–Kier alpha value is -2.69. The fourth-order valence-electron chi connectivity index (χ4n) is 3.46. The van der Waals surface area contributed by atoms with Crippen molar-refractivity contribution < 1.29 is 34.2 Å². The van der Waals surface area contributed by atoms with Crippen molar-refractivity contribution in [2.24, 2.45) is 5.92 Å². The number of nitrogens with one attached hydrogen (secondary N) is 3. The van der Waals surface area contributed by atoms with E-state index in [9.17, 15) is 24.0 Å². The van der Waals surface area contributed by atoms with E-state index in [0.717, 1.165) is 38.8 Å². The van der Waals surface area contributed by atoms with E-state index < -0.39 is 36.2 Å². The molecular weight excluding hydrogens is 408 g/mol. The topological polar surface area (TPSA) is 165 Å². The normalized spacial score (nSPS) is 15.0. The number of hydrogen-bond acceptors (Lipinski definition) is 6. The van der Waals surface area contributed by atoms with Crippen molar-refractivity contribution in [1.82, 2.24) is 20.9 Å². The van der Waals surface area contributed by atoms with E-state index >= 15 is 0 Å². The van der Waals surface area contributed by atoms with Gasteiger partial charge in [-0.15, -0.1) is 0 Å². The third kappa shape index (κ3) is 11.3. The van der Waals surface area contributed by atoms with Crippen molar-refractivity contribution in [3.8, 4) is 0 Å². The highest BCUT2D eigenvalue weighted by Crippen LogP contribution is 2.19. The molecule has 176 valence electrons. The summed E-state index contributed by atoms with van der Waals surface area (Å²) in [5, 5.41) is 25.5. The second-order valence-electron chi connectivity index (χ2n) is 7.65. The Balaban J connectivity index is 2.49. The number of aliphatic carboxylic acids is 2. The Kier molecular flexibility index (Phi) is 12.2. The largest absolute Gasteiger partial charge is 0.481 e. The van der Waals surface area contributed by atoms with Gasteiger partial charge < -0.3 is 31.1 Å². The standard InChI is InChI=1S/C20H34N4O7/c1-2-24(17(26)5-3-4-14-6-9-21-10-7-14)13-16(25)23-15(12-19(29)30)20(31)22-11-8-18(27)28/h14-15,21H,2-13H2,1H3,(H,22,31)(H,23,25)(H,27,28)(H,29,30)/t15-/m0/s1. The highest BCUT2D eigenvalue weighted by atomic mass is 16.4. The van der Waals surface area contributed by atoms with Gasteiger partial charge in [-0.25, -0.2) is 0 Å². The van der Waals surface area contributed by atoms with Crippen LogP contribution in [0, 0.1) is 5.92 Å². The van der Waals surface area contributed by atoms with Crippen LogP contribution in [0.3, 0.4) is 0 Å². The molecule has 0 aromatic carbocycles. The van der Waals surface area contributed by atoms with Gasteiger partial charge >= 0.3 is 11.9 Å². The number of carboxylic acid groups (broad SMARTS) is 2. The number of piperidine rings is 1. The van der Waals surface area contributed by atoms with Crippen molar-refractivity contribution in [2.45, 2.75) is 57.9 Å². The van der Waals surface area contributed by atoms with E-state index in [1.54, 1.807) is 6.92 Å². The van der Waals surface area contributed by atoms with Gasteiger partial charge in [0.25, 0.3) is 0 Å². The van der Waals surface area contributed by atoms with Crippen molar-refractivity contribution in [3.05, 3.63) is 0 Å². The molecule has 1 saturated heterocycles. The molecule has 11 nitrogen and oxygen atoms in total. The Morgan fingerprint density at radius 2 is 1.74 bits per heavy atom. The van der Waals surface area contributed by atoms with Crippen LogP contribution in [0.1, 0.15) is 51.9 Å². The minimum atomic E-state index is -1.35. The summed E-state index contributed by atoms with van der Waals surface area (Å²) in [7, 11) is 0. The van der Waals surface area contributed by atoms with E-state index in [2.05, 4.69) is 16.0 Å². The van der Waals surface area contributed by atoms with Crippen molar-refractivity contribution in [2.75, 3.05) is 32.7 Å². The van der Waals surface area contributed by atoms with Crippen molar-refractivity contribution >= 4 is 29.7 Å². The summed E-state index contributed by atoms with van der Waals surface area (Å²) in [5.74, 6) is -3.38. The van der Waals surface area contributed by atoms with Gasteiger partial charge in [0.2, 0.25) is 17.7 Å². The zero-order valence-corrected chi connectivity index (χ0v) is 18.0. The van der Waals surface area contributed by atoms with Gasteiger partial charge in [0, 0.05) is 19.5 Å². The number of carbonyl (C=O) groups is 5. The predicted molar refractivity (Wildman–Crippen MR) is 111 cm³/mol. The van der Waals surface area contributed by atoms with Crippen LogP contribution in [0.25, 0.3) is 0 Å². The van der Waals surface area contributed by atoms with Gasteiger partial charge in [-0.05, 0) is 51.6 Å².